The Bertz CT molecular complexity index is 577. The Balaban J connectivity index is 3.68. The van der Waals surface area contributed by atoms with E-state index in [9.17, 15) is 15.0 Å². The van der Waals surface area contributed by atoms with Gasteiger partial charge >= 0.3 is 5.97 Å². The molecule has 0 fully saturated rings. The van der Waals surface area contributed by atoms with E-state index in [-0.39, 0.29) is 12.6 Å². The van der Waals surface area contributed by atoms with E-state index in [0.29, 0.717) is 19.3 Å². The summed E-state index contributed by atoms with van der Waals surface area (Å²) in [7, 11) is 0. The molecule has 0 saturated heterocycles. The predicted octanol–water partition coefficient (Wildman–Crippen LogP) is 3.53. The lowest BCUT2D eigenvalue weighted by Gasteiger charge is -2.08. The largest absolute Gasteiger partial charge is 0.463 e. The Morgan fingerprint density at radius 2 is 1.58 bits per heavy atom. The highest BCUT2D eigenvalue weighted by atomic mass is 16.5. The molecule has 0 saturated carbocycles. The highest BCUT2D eigenvalue weighted by Crippen LogP contribution is 2.05. The Morgan fingerprint density at radius 1 is 0.871 bits per heavy atom. The van der Waals surface area contributed by atoms with Gasteiger partial charge < -0.3 is 25.2 Å². The van der Waals surface area contributed by atoms with Gasteiger partial charge in [-0.15, -0.1) is 0 Å². The maximum atomic E-state index is 11.4. The fourth-order valence-electron chi connectivity index (χ4n) is 2.37. The van der Waals surface area contributed by atoms with E-state index in [2.05, 4.69) is 12.2 Å². The minimum atomic E-state index is -1.000. The van der Waals surface area contributed by atoms with Crippen LogP contribution in [-0.4, -0.2) is 57.9 Å². The highest BCUT2D eigenvalue weighted by molar-refractivity contribution is 5.69. The number of carbonyl (C=O) groups excluding carboxylic acids is 1. The summed E-state index contributed by atoms with van der Waals surface area (Å²) < 4.78 is 4.84. The second-order valence-corrected chi connectivity index (χ2v) is 7.23. The van der Waals surface area contributed by atoms with Crippen LogP contribution in [0.15, 0.2) is 60.8 Å². The average Bonchev–Trinajstić information content (AvgIpc) is 2.77. The molecule has 0 aromatic rings. The Morgan fingerprint density at radius 3 is 2.29 bits per heavy atom. The molecule has 0 rings (SSSR count). The van der Waals surface area contributed by atoms with E-state index in [0.717, 1.165) is 32.1 Å². The van der Waals surface area contributed by atoms with Crippen LogP contribution in [0.5, 0.6) is 0 Å². The fraction of sp³-hybridized carbons (Fsp3) is 0.560. The summed E-state index contributed by atoms with van der Waals surface area (Å²) in [6.45, 7) is 1.35. The zero-order valence-electron chi connectivity index (χ0n) is 18.7. The number of hydrogen-bond acceptors (Lipinski definition) is 6. The van der Waals surface area contributed by atoms with Gasteiger partial charge in [0.1, 0.15) is 12.7 Å². The Labute approximate surface area is 187 Å². The molecule has 3 unspecified atom stereocenters. The summed E-state index contributed by atoms with van der Waals surface area (Å²) in [6.07, 6.45) is 23.0. The van der Waals surface area contributed by atoms with Crippen LogP contribution in [-0.2, 0) is 9.53 Å². The van der Waals surface area contributed by atoms with Crippen LogP contribution in [0.25, 0.3) is 0 Å². The van der Waals surface area contributed by atoms with Crippen molar-refractivity contribution < 1.29 is 30.0 Å². The number of allylic oxidation sites excluding steroid dienone is 7. The van der Waals surface area contributed by atoms with Crippen LogP contribution >= 0.6 is 0 Å². The van der Waals surface area contributed by atoms with Gasteiger partial charge in [-0.3, -0.25) is 4.79 Å². The summed E-state index contributed by atoms with van der Waals surface area (Å²) >= 11 is 0. The van der Waals surface area contributed by atoms with Crippen molar-refractivity contribution in [2.75, 3.05) is 13.2 Å². The number of hydrogen-bond donors (Lipinski definition) is 4. The van der Waals surface area contributed by atoms with Gasteiger partial charge in [0.15, 0.2) is 0 Å². The molecule has 6 heteroatoms. The number of aliphatic hydroxyl groups is 4. The standard InChI is InChI=1S/C25H40O6/c1-2-22(27)16-13-11-14-18-23(28)17-12-9-7-5-3-4-6-8-10-15-19-25(30)31-21-24(29)20-26/h3-4,7,9,11-14,16-17,22-24,26-29H,2,5-6,8,10,15,18-21H2,1H3/b4-3-,9-7-,14-11-,16-13+,17-12-. The molecular formula is C25H40O6. The van der Waals surface area contributed by atoms with Gasteiger partial charge in [0.05, 0.1) is 18.8 Å². The Kier molecular flexibility index (Phi) is 19.9. The minimum Gasteiger partial charge on any atom is -0.463 e. The maximum absolute atomic E-state index is 11.4. The third-order valence-electron chi connectivity index (χ3n) is 4.29. The molecule has 0 heterocycles. The molecule has 0 bridgehead atoms. The normalized spacial score (nSPS) is 15.6. The number of ether oxygens (including phenoxy) is 1. The summed E-state index contributed by atoms with van der Waals surface area (Å²) in [5.74, 6) is -0.342. The molecule has 31 heavy (non-hydrogen) atoms. The molecule has 0 spiro atoms. The van der Waals surface area contributed by atoms with Gasteiger partial charge in [0.25, 0.3) is 0 Å². The van der Waals surface area contributed by atoms with E-state index >= 15 is 0 Å². The molecule has 176 valence electrons. The van der Waals surface area contributed by atoms with Crippen LogP contribution in [0.1, 0.15) is 58.3 Å². The monoisotopic (exact) mass is 436 g/mol. The minimum absolute atomic E-state index is 0.153. The number of rotatable bonds is 18. The number of unbranched alkanes of at least 4 members (excludes halogenated alkanes) is 3. The first kappa shape index (κ1) is 29.0. The molecule has 0 aliphatic rings. The number of esters is 1. The van der Waals surface area contributed by atoms with Crippen molar-refractivity contribution in [2.45, 2.75) is 76.6 Å². The summed E-state index contributed by atoms with van der Waals surface area (Å²) in [6, 6.07) is 0. The first-order valence-electron chi connectivity index (χ1n) is 11.1. The lowest BCUT2D eigenvalue weighted by Crippen LogP contribution is -2.21. The molecule has 0 aliphatic carbocycles. The third-order valence-corrected chi connectivity index (χ3v) is 4.29. The molecule has 0 aliphatic heterocycles. The number of carbonyl (C=O) groups is 1. The molecule has 3 atom stereocenters. The van der Waals surface area contributed by atoms with Crippen LogP contribution in [0.2, 0.25) is 0 Å². The summed E-state index contributed by atoms with van der Waals surface area (Å²) in [5, 5.41) is 36.9. The van der Waals surface area contributed by atoms with Crippen LogP contribution in [0.3, 0.4) is 0 Å². The van der Waals surface area contributed by atoms with E-state index in [1.54, 1.807) is 18.2 Å². The molecule has 6 nitrogen and oxygen atoms in total. The predicted molar refractivity (Wildman–Crippen MR) is 124 cm³/mol. The van der Waals surface area contributed by atoms with Crippen molar-refractivity contribution >= 4 is 5.97 Å². The molecule has 4 N–H and O–H groups in total. The molecule has 0 aromatic carbocycles. The van der Waals surface area contributed by atoms with Gasteiger partial charge in [-0.05, 0) is 38.5 Å². The molecular weight excluding hydrogens is 396 g/mol. The smallest absolute Gasteiger partial charge is 0.305 e. The van der Waals surface area contributed by atoms with Crippen molar-refractivity contribution in [3.8, 4) is 0 Å². The van der Waals surface area contributed by atoms with Gasteiger partial charge in [0, 0.05) is 6.42 Å². The van der Waals surface area contributed by atoms with E-state index in [1.165, 1.54) is 0 Å². The molecule has 0 amide bonds. The van der Waals surface area contributed by atoms with Crippen molar-refractivity contribution in [1.82, 2.24) is 0 Å². The number of aliphatic hydroxyl groups excluding tert-OH is 4. The zero-order chi connectivity index (χ0) is 23.2. The zero-order valence-corrected chi connectivity index (χ0v) is 18.7. The van der Waals surface area contributed by atoms with Gasteiger partial charge in [-0.1, -0.05) is 74.1 Å². The first-order valence-corrected chi connectivity index (χ1v) is 11.1. The second-order valence-electron chi connectivity index (χ2n) is 7.23. The first-order chi connectivity index (χ1) is 15.0. The highest BCUT2D eigenvalue weighted by Gasteiger charge is 2.07. The van der Waals surface area contributed by atoms with E-state index < -0.39 is 24.9 Å². The third kappa shape index (κ3) is 21.0. The van der Waals surface area contributed by atoms with Crippen molar-refractivity contribution in [1.29, 1.82) is 0 Å². The van der Waals surface area contributed by atoms with Crippen LogP contribution in [0.4, 0.5) is 0 Å². The SMILES string of the molecule is CCC(O)/C=C/C=C\CC(O)/C=C\C=C/C/C=C\CCCCCC(=O)OCC(O)CO. The quantitative estimate of drug-likeness (QED) is 0.113. The van der Waals surface area contributed by atoms with Crippen LogP contribution in [0, 0.1) is 0 Å². The van der Waals surface area contributed by atoms with Crippen molar-refractivity contribution in [2.24, 2.45) is 0 Å². The van der Waals surface area contributed by atoms with E-state index in [1.807, 2.05) is 37.3 Å². The second kappa shape index (κ2) is 21.2. The fourth-order valence-corrected chi connectivity index (χ4v) is 2.37. The summed E-state index contributed by atoms with van der Waals surface area (Å²) in [4.78, 5) is 11.4. The van der Waals surface area contributed by atoms with Crippen molar-refractivity contribution in [3.05, 3.63) is 60.8 Å². The van der Waals surface area contributed by atoms with Gasteiger partial charge in [-0.25, -0.2) is 0 Å². The van der Waals surface area contributed by atoms with Gasteiger partial charge in [0.2, 0.25) is 0 Å². The maximum Gasteiger partial charge on any atom is 0.305 e. The molecule has 0 aromatic heterocycles. The van der Waals surface area contributed by atoms with E-state index in [4.69, 9.17) is 14.9 Å². The molecule has 0 radical (unpaired) electrons. The topological polar surface area (TPSA) is 107 Å². The van der Waals surface area contributed by atoms with Crippen LogP contribution < -0.4 is 0 Å². The van der Waals surface area contributed by atoms with Crippen molar-refractivity contribution in [3.63, 3.8) is 0 Å². The van der Waals surface area contributed by atoms with Gasteiger partial charge in [-0.2, -0.15) is 0 Å². The summed E-state index contributed by atoms with van der Waals surface area (Å²) in [5.41, 5.74) is 0. The lowest BCUT2D eigenvalue weighted by molar-refractivity contribution is -0.147. The Hall–Kier alpha value is -1.99. The lowest BCUT2D eigenvalue weighted by atomic mass is 10.1. The average molecular weight is 437 g/mol.